The number of aliphatic imine (C=N–C) groups is 1. The van der Waals surface area contributed by atoms with Gasteiger partial charge in [-0.1, -0.05) is 17.3 Å². The van der Waals surface area contributed by atoms with Crippen molar-refractivity contribution in [1.82, 2.24) is 20.3 Å². The Hall–Kier alpha value is -2.87. The molecule has 1 fully saturated rings. The lowest BCUT2D eigenvalue weighted by Crippen LogP contribution is -2.52. The average molecular weight is 385 g/mol. The van der Waals surface area contributed by atoms with Crippen molar-refractivity contribution >= 4 is 11.9 Å². The first-order chi connectivity index (χ1) is 13.7. The van der Waals surface area contributed by atoms with E-state index in [0.29, 0.717) is 5.56 Å². The van der Waals surface area contributed by atoms with Gasteiger partial charge in [0.25, 0.3) is 0 Å². The largest absolute Gasteiger partial charge is 0.465 e. The van der Waals surface area contributed by atoms with Crippen LogP contribution in [-0.2, 0) is 17.7 Å². The zero-order valence-electron chi connectivity index (χ0n) is 16.4. The molecule has 0 unspecified atom stereocenters. The highest BCUT2D eigenvalue weighted by Crippen LogP contribution is 2.08. The third-order valence-electron chi connectivity index (χ3n) is 4.83. The minimum Gasteiger partial charge on any atom is -0.465 e. The predicted molar refractivity (Wildman–Crippen MR) is 106 cm³/mol. The minimum absolute atomic E-state index is 0.312. The number of nitrogens with zero attached hydrogens (tertiary/aromatic N) is 4. The lowest BCUT2D eigenvalue weighted by atomic mass is 10.1. The van der Waals surface area contributed by atoms with E-state index in [1.807, 2.05) is 25.2 Å². The quantitative estimate of drug-likeness (QED) is 0.457. The van der Waals surface area contributed by atoms with Crippen LogP contribution in [-0.4, -0.2) is 73.8 Å². The summed E-state index contributed by atoms with van der Waals surface area (Å²) in [4.78, 5) is 20.5. The molecule has 8 heteroatoms. The molecule has 1 aromatic carbocycles. The topological polar surface area (TPSA) is 83.2 Å². The van der Waals surface area contributed by atoms with Crippen LogP contribution in [0.5, 0.6) is 0 Å². The fraction of sp³-hybridized carbons (Fsp3) is 0.450. The number of nitrogens with one attached hydrogen (secondary N) is 1. The van der Waals surface area contributed by atoms with Crippen LogP contribution in [0.4, 0.5) is 0 Å². The number of methoxy groups -OCH3 is 1. The van der Waals surface area contributed by atoms with E-state index in [9.17, 15) is 4.79 Å². The summed E-state index contributed by atoms with van der Waals surface area (Å²) in [6.07, 6.45) is 2.47. The number of rotatable bonds is 6. The zero-order chi connectivity index (χ0) is 19.8. The van der Waals surface area contributed by atoms with Crippen LogP contribution in [0.1, 0.15) is 21.6 Å². The molecule has 1 aliphatic rings. The van der Waals surface area contributed by atoms with Crippen LogP contribution in [0.25, 0.3) is 0 Å². The van der Waals surface area contributed by atoms with Crippen LogP contribution in [0.15, 0.2) is 46.1 Å². The third-order valence-corrected chi connectivity index (χ3v) is 4.83. The van der Waals surface area contributed by atoms with Crippen molar-refractivity contribution in [2.75, 3.05) is 46.9 Å². The molecule has 0 spiro atoms. The van der Waals surface area contributed by atoms with Gasteiger partial charge in [0.2, 0.25) is 0 Å². The van der Waals surface area contributed by atoms with E-state index in [-0.39, 0.29) is 5.97 Å². The monoisotopic (exact) mass is 385 g/mol. The number of ether oxygens (including phenoxy) is 1. The van der Waals surface area contributed by atoms with Crippen molar-refractivity contribution in [2.24, 2.45) is 4.99 Å². The molecule has 0 radical (unpaired) electrons. The molecule has 0 bridgehead atoms. The number of aromatic nitrogens is 1. The second-order valence-corrected chi connectivity index (χ2v) is 6.67. The van der Waals surface area contributed by atoms with Crippen molar-refractivity contribution in [1.29, 1.82) is 0 Å². The lowest BCUT2D eigenvalue weighted by Gasteiger charge is -2.36. The Kier molecular flexibility index (Phi) is 7.02. The minimum atomic E-state index is -0.312. The molecule has 0 atom stereocenters. The normalized spacial score (nSPS) is 15.5. The maximum absolute atomic E-state index is 11.5. The third kappa shape index (κ3) is 5.32. The second kappa shape index (κ2) is 9.89. The Balaban J connectivity index is 1.42. The first-order valence-corrected chi connectivity index (χ1v) is 9.44. The van der Waals surface area contributed by atoms with Gasteiger partial charge in [-0.15, -0.1) is 0 Å². The summed E-state index contributed by atoms with van der Waals surface area (Å²) in [6, 6.07) is 9.41. The molecule has 8 nitrogen and oxygen atoms in total. The Labute approximate surface area is 165 Å². The number of esters is 1. The van der Waals surface area contributed by atoms with Crippen LogP contribution < -0.4 is 5.32 Å². The molecule has 0 saturated carbocycles. The number of hydrogen-bond acceptors (Lipinski definition) is 6. The molecule has 150 valence electrons. The van der Waals surface area contributed by atoms with Gasteiger partial charge in [0.1, 0.15) is 6.26 Å². The molecule has 1 aliphatic heterocycles. The van der Waals surface area contributed by atoms with E-state index >= 15 is 0 Å². The lowest BCUT2D eigenvalue weighted by molar-refractivity contribution is 0.0600. The summed E-state index contributed by atoms with van der Waals surface area (Å²) in [5, 5.41) is 7.41. The number of carbonyl (C=O) groups excluding carboxylic acids is 1. The van der Waals surface area contributed by atoms with Crippen molar-refractivity contribution in [2.45, 2.75) is 13.0 Å². The highest BCUT2D eigenvalue weighted by molar-refractivity contribution is 5.89. The highest BCUT2D eigenvalue weighted by atomic mass is 16.5. The van der Waals surface area contributed by atoms with Gasteiger partial charge >= 0.3 is 5.97 Å². The van der Waals surface area contributed by atoms with Crippen LogP contribution in [0.2, 0.25) is 0 Å². The van der Waals surface area contributed by atoms with E-state index in [0.717, 1.165) is 62.9 Å². The van der Waals surface area contributed by atoms with Gasteiger partial charge in [-0.05, 0) is 24.1 Å². The molecule has 1 aromatic heterocycles. The fourth-order valence-electron chi connectivity index (χ4n) is 3.24. The summed E-state index contributed by atoms with van der Waals surface area (Å²) < 4.78 is 9.62. The summed E-state index contributed by atoms with van der Waals surface area (Å²) in [5.74, 6) is 0.611. The average Bonchev–Trinajstić information content (AvgIpc) is 3.25. The van der Waals surface area contributed by atoms with Gasteiger partial charge in [0.05, 0.1) is 18.4 Å². The Morgan fingerprint density at radius 1 is 1.21 bits per heavy atom. The van der Waals surface area contributed by atoms with Crippen molar-refractivity contribution < 1.29 is 14.1 Å². The zero-order valence-corrected chi connectivity index (χ0v) is 16.4. The number of hydrogen-bond donors (Lipinski definition) is 1. The van der Waals surface area contributed by atoms with E-state index in [2.05, 4.69) is 25.3 Å². The smallest absolute Gasteiger partial charge is 0.337 e. The number of piperazine rings is 1. The second-order valence-electron chi connectivity index (χ2n) is 6.67. The molecule has 2 heterocycles. The maximum atomic E-state index is 11.5. The van der Waals surface area contributed by atoms with Gasteiger partial charge < -0.3 is 19.5 Å². The molecule has 1 N–H and O–H groups in total. The van der Waals surface area contributed by atoms with E-state index in [1.54, 1.807) is 18.4 Å². The highest BCUT2D eigenvalue weighted by Gasteiger charge is 2.20. The molecule has 2 aromatic rings. The number of guanidine groups is 1. The molecular weight excluding hydrogens is 358 g/mol. The fourth-order valence-corrected chi connectivity index (χ4v) is 3.24. The van der Waals surface area contributed by atoms with Crippen LogP contribution >= 0.6 is 0 Å². The summed E-state index contributed by atoms with van der Waals surface area (Å²) in [5.41, 5.74) is 2.70. The summed E-state index contributed by atoms with van der Waals surface area (Å²) in [6.45, 7) is 5.36. The maximum Gasteiger partial charge on any atom is 0.337 e. The predicted octanol–water partition coefficient (Wildman–Crippen LogP) is 1.40. The van der Waals surface area contributed by atoms with Gasteiger partial charge in [-0.25, -0.2) is 4.79 Å². The summed E-state index contributed by atoms with van der Waals surface area (Å²) >= 11 is 0. The first kappa shape index (κ1) is 19.9. The van der Waals surface area contributed by atoms with E-state index < -0.39 is 0 Å². The van der Waals surface area contributed by atoms with Gasteiger partial charge in [0, 0.05) is 52.4 Å². The first-order valence-electron chi connectivity index (χ1n) is 9.44. The van der Waals surface area contributed by atoms with E-state index in [4.69, 9.17) is 9.26 Å². The molecule has 0 aliphatic carbocycles. The Bertz CT molecular complexity index is 766. The van der Waals surface area contributed by atoms with Crippen molar-refractivity contribution in [3.63, 3.8) is 0 Å². The van der Waals surface area contributed by atoms with Crippen LogP contribution in [0, 0.1) is 0 Å². The Morgan fingerprint density at radius 2 is 1.96 bits per heavy atom. The standard InChI is InChI=1S/C20H27N5O3/c1-21-20(22-9-7-16-3-5-17(6-4-16)19(26)27-2)25-12-10-24(11-13-25)15-18-8-14-28-23-18/h3-6,8,14H,7,9-13,15H2,1-2H3,(H,21,22). The molecule has 3 rings (SSSR count). The molecule has 1 saturated heterocycles. The van der Waals surface area contributed by atoms with Gasteiger partial charge in [0.15, 0.2) is 5.96 Å². The molecular formula is C20H27N5O3. The van der Waals surface area contributed by atoms with Crippen molar-refractivity contribution in [3.8, 4) is 0 Å². The number of carbonyl (C=O) groups is 1. The SMILES string of the molecule is CN=C(NCCc1ccc(C(=O)OC)cc1)N1CCN(Cc2ccon2)CC1. The number of benzene rings is 1. The van der Waals surface area contributed by atoms with Gasteiger partial charge in [-0.2, -0.15) is 0 Å². The molecule has 28 heavy (non-hydrogen) atoms. The Morgan fingerprint density at radius 3 is 2.57 bits per heavy atom. The van der Waals surface area contributed by atoms with Crippen LogP contribution in [0.3, 0.4) is 0 Å². The van der Waals surface area contributed by atoms with Gasteiger partial charge in [-0.3, -0.25) is 9.89 Å². The van der Waals surface area contributed by atoms with Crippen molar-refractivity contribution in [3.05, 3.63) is 53.4 Å². The summed E-state index contributed by atoms with van der Waals surface area (Å²) in [7, 11) is 3.20. The molecule has 0 amide bonds. The van der Waals surface area contributed by atoms with E-state index in [1.165, 1.54) is 7.11 Å².